The highest BCUT2D eigenvalue weighted by Gasteiger charge is 2.22. The fourth-order valence-electron chi connectivity index (χ4n) is 3.40. The molecule has 4 aromatic rings. The maximum atomic E-state index is 13.1. The third kappa shape index (κ3) is 3.11. The zero-order valence-corrected chi connectivity index (χ0v) is 18.7. The first-order valence-electron chi connectivity index (χ1n) is 8.63. The topological polar surface area (TPSA) is 75.0 Å². The highest BCUT2D eigenvalue weighted by atomic mass is 35.5. The van der Waals surface area contributed by atoms with Crippen molar-refractivity contribution in [3.63, 3.8) is 0 Å². The summed E-state index contributed by atoms with van der Waals surface area (Å²) in [6.45, 7) is 0. The number of hydrogen-bond acceptors (Lipinski definition) is 3. The van der Waals surface area contributed by atoms with E-state index in [0.717, 1.165) is 4.57 Å². The van der Waals surface area contributed by atoms with Crippen molar-refractivity contribution in [1.82, 2.24) is 13.7 Å². The van der Waals surface area contributed by atoms with Gasteiger partial charge in [-0.2, -0.15) is 0 Å². The number of halogens is 4. The Labute approximate surface area is 190 Å². The lowest BCUT2D eigenvalue weighted by Gasteiger charge is -2.13. The molecule has 0 aliphatic rings. The van der Waals surface area contributed by atoms with Gasteiger partial charge in [0.25, 0.3) is 5.56 Å². The van der Waals surface area contributed by atoms with Crippen LogP contribution in [0.15, 0.2) is 46.1 Å². The van der Waals surface area contributed by atoms with Gasteiger partial charge in [0.15, 0.2) is 0 Å². The minimum Gasteiger partial charge on any atom is -0.396 e. The molecule has 0 amide bonds. The second-order valence-corrected chi connectivity index (χ2v) is 8.42. The summed E-state index contributed by atoms with van der Waals surface area (Å²) in [5.74, 6) is 0. The van der Waals surface area contributed by atoms with Crippen LogP contribution in [0.4, 0.5) is 5.69 Å². The largest absolute Gasteiger partial charge is 0.396 e. The Morgan fingerprint density at radius 3 is 2.10 bits per heavy atom. The second kappa shape index (κ2) is 7.39. The third-order valence-corrected chi connectivity index (χ3v) is 6.14. The van der Waals surface area contributed by atoms with Gasteiger partial charge in [0.05, 0.1) is 37.4 Å². The van der Waals surface area contributed by atoms with Crippen LogP contribution in [0.5, 0.6) is 0 Å². The second-order valence-electron chi connectivity index (χ2n) is 6.76. The summed E-state index contributed by atoms with van der Waals surface area (Å²) in [4.78, 5) is 25.6. The van der Waals surface area contributed by atoms with Gasteiger partial charge in [-0.05, 0) is 30.3 Å². The molecule has 2 heterocycles. The Hall–Kier alpha value is -2.38. The molecule has 0 saturated carbocycles. The number of rotatable bonds is 2. The van der Waals surface area contributed by atoms with Gasteiger partial charge < -0.3 is 10.3 Å². The number of hydrogen-bond donors (Lipinski definition) is 1. The van der Waals surface area contributed by atoms with Crippen LogP contribution >= 0.6 is 46.4 Å². The van der Waals surface area contributed by atoms with E-state index in [4.69, 9.17) is 52.1 Å². The predicted octanol–water partition coefficient (Wildman–Crippen LogP) is 4.89. The number of anilines is 1. The van der Waals surface area contributed by atoms with Crippen LogP contribution in [0.25, 0.3) is 27.8 Å². The first kappa shape index (κ1) is 20.9. The third-order valence-electron chi connectivity index (χ3n) is 4.97. The maximum Gasteiger partial charge on any atom is 0.330 e. The molecule has 30 heavy (non-hydrogen) atoms. The number of fused-ring (bicyclic) bond motifs is 1. The van der Waals surface area contributed by atoms with E-state index < -0.39 is 11.2 Å². The van der Waals surface area contributed by atoms with Crippen molar-refractivity contribution >= 4 is 63.0 Å². The number of benzene rings is 2. The summed E-state index contributed by atoms with van der Waals surface area (Å²) in [7, 11) is 3.01. The van der Waals surface area contributed by atoms with Gasteiger partial charge in [0.2, 0.25) is 0 Å². The molecule has 2 N–H and O–H groups in total. The van der Waals surface area contributed by atoms with E-state index in [9.17, 15) is 9.59 Å². The summed E-state index contributed by atoms with van der Waals surface area (Å²) in [6, 6.07) is 8.20. The first-order chi connectivity index (χ1) is 14.1. The van der Waals surface area contributed by atoms with Gasteiger partial charge in [-0.1, -0.05) is 46.4 Å². The van der Waals surface area contributed by atoms with Crippen molar-refractivity contribution in [2.24, 2.45) is 14.1 Å². The molecule has 2 aromatic heterocycles. The highest BCUT2D eigenvalue weighted by Crippen LogP contribution is 2.38. The quantitative estimate of drug-likeness (QED) is 0.412. The molecule has 0 saturated heterocycles. The molecule has 4 rings (SSSR count). The van der Waals surface area contributed by atoms with E-state index in [-0.39, 0.29) is 15.7 Å². The van der Waals surface area contributed by atoms with Gasteiger partial charge in [-0.15, -0.1) is 0 Å². The molecule has 6 nitrogen and oxygen atoms in total. The van der Waals surface area contributed by atoms with Crippen LogP contribution < -0.4 is 17.0 Å². The molecule has 0 radical (unpaired) electrons. The van der Waals surface area contributed by atoms with Crippen LogP contribution in [-0.4, -0.2) is 13.7 Å². The van der Waals surface area contributed by atoms with E-state index in [0.29, 0.717) is 37.9 Å². The van der Waals surface area contributed by atoms with Crippen molar-refractivity contribution in [3.8, 4) is 16.9 Å². The van der Waals surface area contributed by atoms with Crippen LogP contribution in [0.3, 0.4) is 0 Å². The highest BCUT2D eigenvalue weighted by molar-refractivity contribution is 6.39. The Bertz CT molecular complexity index is 1440. The molecule has 0 aliphatic heterocycles. The lowest BCUT2D eigenvalue weighted by atomic mass is 10.1. The zero-order chi connectivity index (χ0) is 21.9. The summed E-state index contributed by atoms with van der Waals surface area (Å²) in [5.41, 5.74) is 7.20. The average molecular weight is 484 g/mol. The zero-order valence-electron chi connectivity index (χ0n) is 15.7. The van der Waals surface area contributed by atoms with Gasteiger partial charge in [-0.25, -0.2) is 4.79 Å². The van der Waals surface area contributed by atoms with Crippen LogP contribution in [0.2, 0.25) is 20.1 Å². The van der Waals surface area contributed by atoms with Crippen LogP contribution in [0, 0.1) is 0 Å². The average Bonchev–Trinajstić information content (AvgIpc) is 3.09. The fraction of sp³-hybridized carbons (Fsp3) is 0.100. The smallest absolute Gasteiger partial charge is 0.330 e. The molecule has 0 fully saturated rings. The Balaban J connectivity index is 2.24. The minimum absolute atomic E-state index is 0.244. The molecular weight excluding hydrogens is 470 g/mol. The van der Waals surface area contributed by atoms with Gasteiger partial charge in [-0.3, -0.25) is 13.9 Å². The monoisotopic (exact) mass is 482 g/mol. The number of nitrogens with two attached hydrogens (primary N) is 1. The number of aryl methyl sites for hydroxylation is 1. The van der Waals surface area contributed by atoms with Gasteiger partial charge in [0, 0.05) is 36.6 Å². The van der Waals surface area contributed by atoms with E-state index in [1.807, 2.05) is 0 Å². The molecule has 0 bridgehead atoms. The molecule has 0 atom stereocenters. The molecule has 10 heteroatoms. The molecule has 0 unspecified atom stereocenters. The van der Waals surface area contributed by atoms with Crippen molar-refractivity contribution in [3.05, 3.63) is 77.5 Å². The van der Waals surface area contributed by atoms with E-state index in [1.54, 1.807) is 48.1 Å². The van der Waals surface area contributed by atoms with Crippen molar-refractivity contribution in [2.75, 3.05) is 5.73 Å². The van der Waals surface area contributed by atoms with Crippen molar-refractivity contribution in [1.29, 1.82) is 0 Å². The number of nitrogen functional groups attached to an aromatic ring is 1. The van der Waals surface area contributed by atoms with E-state index in [2.05, 4.69) is 0 Å². The lowest BCUT2D eigenvalue weighted by molar-refractivity contribution is 0.714. The fourth-order valence-corrected chi connectivity index (χ4v) is 4.37. The molecule has 0 aliphatic carbocycles. The number of nitrogens with zero attached hydrogens (tertiary/aromatic N) is 3. The summed E-state index contributed by atoms with van der Waals surface area (Å²) < 4.78 is 4.14. The summed E-state index contributed by atoms with van der Waals surface area (Å²) in [6.07, 6.45) is 1.66. The van der Waals surface area contributed by atoms with Crippen molar-refractivity contribution in [2.45, 2.75) is 0 Å². The molecule has 0 spiro atoms. The van der Waals surface area contributed by atoms with Crippen LogP contribution in [0.1, 0.15) is 0 Å². The normalized spacial score (nSPS) is 11.4. The lowest BCUT2D eigenvalue weighted by Crippen LogP contribution is -2.36. The maximum absolute atomic E-state index is 13.1. The SMILES string of the molecule is Cn1c(=O)c2c(-c3ccc(Cl)cc3Cl)n(-c3cc(Cl)c(N)c(Cl)c3)cc2n(C)c1=O. The van der Waals surface area contributed by atoms with Crippen molar-refractivity contribution < 1.29 is 0 Å². The summed E-state index contributed by atoms with van der Waals surface area (Å²) >= 11 is 25.0. The Morgan fingerprint density at radius 1 is 0.867 bits per heavy atom. The number of aromatic nitrogens is 3. The Kier molecular flexibility index (Phi) is 5.14. The Morgan fingerprint density at radius 2 is 1.50 bits per heavy atom. The van der Waals surface area contributed by atoms with Gasteiger partial charge in [0.1, 0.15) is 0 Å². The summed E-state index contributed by atoms with van der Waals surface area (Å²) in [5, 5.41) is 1.61. The standard InChI is InChI=1S/C20H14Cl4N4O2/c1-26-15-8-28(10-6-13(23)17(25)14(24)7-10)18(11-4-3-9(21)5-12(11)22)16(15)19(29)27(2)20(26)30/h3-8H,25H2,1-2H3. The minimum atomic E-state index is -0.458. The van der Waals surface area contributed by atoms with E-state index in [1.165, 1.54) is 11.6 Å². The van der Waals surface area contributed by atoms with E-state index >= 15 is 0 Å². The predicted molar refractivity (Wildman–Crippen MR) is 124 cm³/mol. The molecule has 2 aromatic carbocycles. The molecular formula is C20H14Cl4N4O2. The van der Waals surface area contributed by atoms with Crippen LogP contribution in [-0.2, 0) is 14.1 Å². The molecule has 154 valence electrons. The van der Waals surface area contributed by atoms with Gasteiger partial charge >= 0.3 is 5.69 Å². The first-order valence-corrected chi connectivity index (χ1v) is 10.1.